The molecule has 1 aromatic rings. The quantitative estimate of drug-likeness (QED) is 0.916. The predicted octanol–water partition coefficient (Wildman–Crippen LogP) is 2.00. The maximum absolute atomic E-state index is 5.98. The Morgan fingerprint density at radius 2 is 2.00 bits per heavy atom. The number of aryl methyl sites for hydroxylation is 1. The number of nitrogens with two attached hydrogens (primary N) is 1. The number of piperazine rings is 1. The lowest BCUT2D eigenvalue weighted by Gasteiger charge is -2.34. The van der Waals surface area contributed by atoms with E-state index in [9.17, 15) is 0 Å². The van der Waals surface area contributed by atoms with Gasteiger partial charge in [0.15, 0.2) is 5.13 Å². The molecule has 2 aliphatic rings. The summed E-state index contributed by atoms with van der Waals surface area (Å²) < 4.78 is 0. The van der Waals surface area contributed by atoms with Crippen molar-refractivity contribution in [1.82, 2.24) is 9.88 Å². The molecule has 2 N–H and O–H groups in total. The molecule has 1 unspecified atom stereocenters. The summed E-state index contributed by atoms with van der Waals surface area (Å²) in [5.74, 6) is 0.998. The lowest BCUT2D eigenvalue weighted by atomic mass is 10.2. The maximum Gasteiger partial charge on any atom is 0.185 e. The molecule has 19 heavy (non-hydrogen) atoms. The first kappa shape index (κ1) is 13.3. The fraction of sp³-hybridized carbons (Fsp3) is 0.786. The van der Waals surface area contributed by atoms with Gasteiger partial charge in [0.25, 0.3) is 0 Å². The third-order valence-corrected chi connectivity index (χ3v) is 5.51. The van der Waals surface area contributed by atoms with Gasteiger partial charge in [-0.25, -0.2) is 4.98 Å². The average Bonchev–Trinajstić information content (AvgIpc) is 3.10. The van der Waals surface area contributed by atoms with E-state index in [1.807, 2.05) is 6.92 Å². The van der Waals surface area contributed by atoms with Gasteiger partial charge in [0, 0.05) is 43.6 Å². The minimum atomic E-state index is 0.0994. The van der Waals surface area contributed by atoms with E-state index in [2.05, 4.69) is 16.7 Å². The Kier molecular flexibility index (Phi) is 3.78. The summed E-state index contributed by atoms with van der Waals surface area (Å²) in [6.07, 6.45) is 2.90. The zero-order chi connectivity index (χ0) is 13.4. The van der Waals surface area contributed by atoms with Crippen molar-refractivity contribution in [3.63, 3.8) is 0 Å². The van der Waals surface area contributed by atoms with E-state index in [1.165, 1.54) is 37.4 Å². The first-order valence-electron chi connectivity index (χ1n) is 7.33. The molecule has 0 spiro atoms. The van der Waals surface area contributed by atoms with Gasteiger partial charge in [0.1, 0.15) is 0 Å². The summed E-state index contributed by atoms with van der Waals surface area (Å²) >= 11 is 1.77. The number of thiazole rings is 1. The van der Waals surface area contributed by atoms with Gasteiger partial charge in [-0.2, -0.15) is 0 Å². The highest BCUT2D eigenvalue weighted by Crippen LogP contribution is 2.32. The van der Waals surface area contributed by atoms with E-state index < -0.39 is 0 Å². The van der Waals surface area contributed by atoms with E-state index in [4.69, 9.17) is 10.7 Å². The van der Waals surface area contributed by atoms with Gasteiger partial charge in [-0.1, -0.05) is 0 Å². The molecule has 0 amide bonds. The topological polar surface area (TPSA) is 45.4 Å². The van der Waals surface area contributed by atoms with Crippen LogP contribution in [0.4, 0.5) is 5.13 Å². The van der Waals surface area contributed by atoms with Gasteiger partial charge in [0.2, 0.25) is 0 Å². The number of rotatable bonds is 4. The molecule has 3 rings (SSSR count). The second-order valence-electron chi connectivity index (χ2n) is 5.97. The van der Waals surface area contributed by atoms with Crippen molar-refractivity contribution in [2.24, 2.45) is 11.7 Å². The van der Waals surface area contributed by atoms with Crippen molar-refractivity contribution >= 4 is 16.5 Å². The van der Waals surface area contributed by atoms with Crippen molar-refractivity contribution in [2.45, 2.75) is 32.7 Å². The van der Waals surface area contributed by atoms with Crippen LogP contribution in [0.5, 0.6) is 0 Å². The SMILES string of the molecule is Cc1nc(N2CCN(CC3CC3)CC2)sc1C(C)N. The summed E-state index contributed by atoms with van der Waals surface area (Å²) in [6, 6.07) is 0.0994. The highest BCUT2D eigenvalue weighted by molar-refractivity contribution is 7.15. The van der Waals surface area contributed by atoms with Crippen LogP contribution in [0.25, 0.3) is 0 Å². The summed E-state index contributed by atoms with van der Waals surface area (Å²) in [5.41, 5.74) is 7.09. The van der Waals surface area contributed by atoms with E-state index >= 15 is 0 Å². The first-order valence-corrected chi connectivity index (χ1v) is 8.15. The molecule has 0 bridgehead atoms. The molecule has 1 aliphatic carbocycles. The normalized spacial score (nSPS) is 22.8. The molecule has 1 atom stereocenters. The smallest absolute Gasteiger partial charge is 0.185 e. The Morgan fingerprint density at radius 1 is 1.32 bits per heavy atom. The number of nitrogens with zero attached hydrogens (tertiary/aromatic N) is 3. The van der Waals surface area contributed by atoms with Crippen LogP contribution in [0.2, 0.25) is 0 Å². The maximum atomic E-state index is 5.98. The van der Waals surface area contributed by atoms with Crippen molar-refractivity contribution in [1.29, 1.82) is 0 Å². The van der Waals surface area contributed by atoms with Crippen LogP contribution in [0.15, 0.2) is 0 Å². The van der Waals surface area contributed by atoms with Gasteiger partial charge in [0.05, 0.1) is 5.69 Å². The molecule has 4 nitrogen and oxygen atoms in total. The lowest BCUT2D eigenvalue weighted by molar-refractivity contribution is 0.248. The molecule has 1 saturated carbocycles. The third-order valence-electron chi connectivity index (χ3n) is 4.09. The highest BCUT2D eigenvalue weighted by atomic mass is 32.1. The van der Waals surface area contributed by atoms with Crippen LogP contribution in [-0.2, 0) is 0 Å². The van der Waals surface area contributed by atoms with E-state index in [-0.39, 0.29) is 6.04 Å². The largest absolute Gasteiger partial charge is 0.346 e. The Labute approximate surface area is 119 Å². The Balaban J connectivity index is 1.59. The highest BCUT2D eigenvalue weighted by Gasteiger charge is 2.27. The molecule has 5 heteroatoms. The summed E-state index contributed by atoms with van der Waals surface area (Å²) in [6.45, 7) is 10.0. The minimum absolute atomic E-state index is 0.0994. The van der Waals surface area contributed by atoms with Gasteiger partial charge in [-0.3, -0.25) is 4.90 Å². The Hall–Kier alpha value is -0.650. The molecule has 1 saturated heterocycles. The molecule has 1 aromatic heterocycles. The van der Waals surface area contributed by atoms with Gasteiger partial charge in [-0.15, -0.1) is 11.3 Å². The molecule has 0 radical (unpaired) electrons. The fourth-order valence-corrected chi connectivity index (χ4v) is 3.81. The Bertz CT molecular complexity index is 431. The van der Waals surface area contributed by atoms with Crippen molar-refractivity contribution in [3.05, 3.63) is 10.6 Å². The molecule has 1 aliphatic heterocycles. The van der Waals surface area contributed by atoms with Crippen molar-refractivity contribution in [3.8, 4) is 0 Å². The van der Waals surface area contributed by atoms with Crippen LogP contribution in [0, 0.1) is 12.8 Å². The van der Waals surface area contributed by atoms with Crippen LogP contribution < -0.4 is 10.6 Å². The number of hydrogen-bond donors (Lipinski definition) is 1. The minimum Gasteiger partial charge on any atom is -0.346 e. The van der Waals surface area contributed by atoms with E-state index in [1.54, 1.807) is 11.3 Å². The van der Waals surface area contributed by atoms with Crippen LogP contribution in [0.1, 0.15) is 36.4 Å². The number of aromatic nitrogens is 1. The Morgan fingerprint density at radius 3 is 2.53 bits per heavy atom. The van der Waals surface area contributed by atoms with Crippen molar-refractivity contribution < 1.29 is 0 Å². The monoisotopic (exact) mass is 280 g/mol. The lowest BCUT2D eigenvalue weighted by Crippen LogP contribution is -2.47. The van der Waals surface area contributed by atoms with E-state index in [0.29, 0.717) is 0 Å². The predicted molar refractivity (Wildman–Crippen MR) is 80.8 cm³/mol. The molecular weight excluding hydrogens is 256 g/mol. The molecule has 0 aromatic carbocycles. The van der Waals surface area contributed by atoms with Gasteiger partial charge in [-0.05, 0) is 32.6 Å². The fourth-order valence-electron chi connectivity index (χ4n) is 2.74. The zero-order valence-corrected chi connectivity index (χ0v) is 12.7. The zero-order valence-electron chi connectivity index (χ0n) is 11.9. The molecular formula is C14H24N4S. The van der Waals surface area contributed by atoms with Gasteiger partial charge < -0.3 is 10.6 Å². The number of anilines is 1. The van der Waals surface area contributed by atoms with Crippen molar-refractivity contribution in [2.75, 3.05) is 37.6 Å². The molecule has 2 fully saturated rings. The summed E-state index contributed by atoms with van der Waals surface area (Å²) in [4.78, 5) is 11.0. The second kappa shape index (κ2) is 5.38. The third kappa shape index (κ3) is 3.09. The van der Waals surface area contributed by atoms with Crippen LogP contribution in [-0.4, -0.2) is 42.6 Å². The van der Waals surface area contributed by atoms with Crippen LogP contribution in [0.3, 0.4) is 0 Å². The second-order valence-corrected chi connectivity index (χ2v) is 6.97. The summed E-state index contributed by atoms with van der Waals surface area (Å²) in [5, 5.41) is 1.16. The molecule has 2 heterocycles. The van der Waals surface area contributed by atoms with Gasteiger partial charge >= 0.3 is 0 Å². The van der Waals surface area contributed by atoms with E-state index in [0.717, 1.165) is 29.8 Å². The standard InChI is InChI=1S/C14H24N4S/c1-10(15)13-11(2)16-14(19-13)18-7-5-17(6-8-18)9-12-3-4-12/h10,12H,3-9,15H2,1-2H3. The van der Waals surface area contributed by atoms with Crippen LogP contribution >= 0.6 is 11.3 Å². The number of hydrogen-bond acceptors (Lipinski definition) is 5. The molecule has 106 valence electrons. The summed E-state index contributed by atoms with van der Waals surface area (Å²) in [7, 11) is 0. The first-order chi connectivity index (χ1) is 9.13. The average molecular weight is 280 g/mol.